The predicted molar refractivity (Wildman–Crippen MR) is 108 cm³/mol. The first kappa shape index (κ1) is 20.2. The minimum absolute atomic E-state index is 0.132. The van der Waals surface area contributed by atoms with Crippen LogP contribution in [0.5, 0.6) is 0 Å². The quantitative estimate of drug-likeness (QED) is 0.634. The Morgan fingerprint density at radius 1 is 1.35 bits per heavy atom. The van der Waals surface area contributed by atoms with Gasteiger partial charge in [-0.15, -0.1) is 0 Å². The van der Waals surface area contributed by atoms with Gasteiger partial charge in [0.25, 0.3) is 0 Å². The minimum atomic E-state index is -0.491. The van der Waals surface area contributed by atoms with Crippen molar-refractivity contribution < 1.29 is 9.18 Å². The van der Waals surface area contributed by atoms with Crippen LogP contribution in [0.4, 0.5) is 4.39 Å². The molecule has 26 heavy (non-hydrogen) atoms. The van der Waals surface area contributed by atoms with Crippen LogP contribution in [0.1, 0.15) is 75.4 Å². The molecule has 0 aromatic heterocycles. The van der Waals surface area contributed by atoms with Crippen LogP contribution in [0.25, 0.3) is 5.83 Å². The number of carbonyl (C=O) groups is 1. The molecule has 2 N–H and O–H groups in total. The molecule has 1 aliphatic carbocycles. The van der Waals surface area contributed by atoms with Crippen LogP contribution in [-0.2, 0) is 6.42 Å². The molecule has 1 amide bonds. The molecule has 0 radical (unpaired) electrons. The second-order valence-corrected chi connectivity index (χ2v) is 7.85. The highest BCUT2D eigenvalue weighted by Gasteiger charge is 2.26. The molecule has 0 atom stereocenters. The van der Waals surface area contributed by atoms with Gasteiger partial charge in [-0.25, -0.2) is 4.39 Å². The SMILES string of the molecule is CCc1cc(C(N)=O)ccc1C(F)=C(C)C=CC1=C(C)CCCC1(C)C. The van der Waals surface area contributed by atoms with Gasteiger partial charge in [-0.3, -0.25) is 4.79 Å². The van der Waals surface area contributed by atoms with Crippen LogP contribution in [0.2, 0.25) is 0 Å². The monoisotopic (exact) mass is 355 g/mol. The predicted octanol–water partition coefficient (Wildman–Crippen LogP) is 6.13. The molecule has 2 nitrogen and oxygen atoms in total. The summed E-state index contributed by atoms with van der Waals surface area (Å²) in [5.41, 5.74) is 10.5. The van der Waals surface area contributed by atoms with Crippen molar-refractivity contribution in [2.24, 2.45) is 11.1 Å². The molecule has 2 rings (SSSR count). The molecule has 1 aromatic rings. The third kappa shape index (κ3) is 4.32. The Labute approximate surface area is 156 Å². The summed E-state index contributed by atoms with van der Waals surface area (Å²) in [6.07, 6.45) is 8.08. The van der Waals surface area contributed by atoms with E-state index in [4.69, 9.17) is 5.73 Å². The van der Waals surface area contributed by atoms with E-state index in [1.165, 1.54) is 17.6 Å². The fourth-order valence-corrected chi connectivity index (χ4v) is 3.76. The van der Waals surface area contributed by atoms with Crippen molar-refractivity contribution in [1.82, 2.24) is 0 Å². The van der Waals surface area contributed by atoms with E-state index in [9.17, 15) is 4.79 Å². The van der Waals surface area contributed by atoms with Gasteiger partial charge in [0.1, 0.15) is 5.83 Å². The molecule has 140 valence electrons. The maximum Gasteiger partial charge on any atom is 0.248 e. The number of hydrogen-bond acceptors (Lipinski definition) is 1. The minimum Gasteiger partial charge on any atom is -0.366 e. The average Bonchev–Trinajstić information content (AvgIpc) is 2.59. The summed E-state index contributed by atoms with van der Waals surface area (Å²) in [4.78, 5) is 11.4. The zero-order chi connectivity index (χ0) is 19.5. The summed E-state index contributed by atoms with van der Waals surface area (Å²) in [5, 5.41) is 0. The van der Waals surface area contributed by atoms with Crippen molar-refractivity contribution in [2.45, 2.75) is 60.3 Å². The maximum absolute atomic E-state index is 15.0. The van der Waals surface area contributed by atoms with Gasteiger partial charge in [0.15, 0.2) is 0 Å². The number of rotatable bonds is 5. The van der Waals surface area contributed by atoms with E-state index in [0.29, 0.717) is 23.1 Å². The van der Waals surface area contributed by atoms with Gasteiger partial charge in [0, 0.05) is 11.1 Å². The van der Waals surface area contributed by atoms with Crippen LogP contribution in [-0.4, -0.2) is 5.91 Å². The van der Waals surface area contributed by atoms with Crippen LogP contribution >= 0.6 is 0 Å². The van der Waals surface area contributed by atoms with E-state index < -0.39 is 5.91 Å². The van der Waals surface area contributed by atoms with Crippen molar-refractivity contribution in [3.8, 4) is 0 Å². The standard InChI is InChI=1S/C23H30FNO/c1-6-17-14-18(22(25)26)10-11-19(17)21(24)16(3)9-12-20-15(2)8-7-13-23(20,4)5/h9-12,14H,6-8,13H2,1-5H3,(H2,25,26). The Morgan fingerprint density at radius 3 is 2.62 bits per heavy atom. The van der Waals surface area contributed by atoms with Crippen molar-refractivity contribution in [3.63, 3.8) is 0 Å². The molecule has 1 aromatic carbocycles. The van der Waals surface area contributed by atoms with E-state index in [2.05, 4.69) is 26.8 Å². The van der Waals surface area contributed by atoms with E-state index in [1.54, 1.807) is 25.1 Å². The number of allylic oxidation sites excluding steroid dienone is 5. The first-order valence-corrected chi connectivity index (χ1v) is 9.35. The zero-order valence-corrected chi connectivity index (χ0v) is 16.6. The van der Waals surface area contributed by atoms with E-state index in [1.807, 2.05) is 13.0 Å². The van der Waals surface area contributed by atoms with Crippen LogP contribution in [0, 0.1) is 5.41 Å². The Kier molecular flexibility index (Phi) is 6.22. The van der Waals surface area contributed by atoms with Crippen molar-refractivity contribution in [2.75, 3.05) is 0 Å². The topological polar surface area (TPSA) is 43.1 Å². The highest BCUT2D eigenvalue weighted by atomic mass is 19.1. The average molecular weight is 355 g/mol. The van der Waals surface area contributed by atoms with Crippen LogP contribution in [0.15, 0.2) is 47.1 Å². The second kappa shape index (κ2) is 8.03. The lowest BCUT2D eigenvalue weighted by atomic mass is 9.72. The number of nitrogens with two attached hydrogens (primary N) is 1. The first-order chi connectivity index (χ1) is 12.2. The highest BCUT2D eigenvalue weighted by Crippen LogP contribution is 2.41. The van der Waals surface area contributed by atoms with Gasteiger partial charge in [-0.1, -0.05) is 44.6 Å². The normalized spacial score (nSPS) is 18.2. The fourth-order valence-electron chi connectivity index (χ4n) is 3.76. The first-order valence-electron chi connectivity index (χ1n) is 9.35. The number of halogens is 1. The smallest absolute Gasteiger partial charge is 0.248 e. The molecule has 0 saturated carbocycles. The van der Waals surface area contributed by atoms with Gasteiger partial charge in [0.2, 0.25) is 5.91 Å². The molecular formula is C23H30FNO. The Bertz CT molecular complexity index is 796. The van der Waals surface area contributed by atoms with Gasteiger partial charge in [-0.2, -0.15) is 0 Å². The number of carbonyl (C=O) groups excluding carboxylic acids is 1. The van der Waals surface area contributed by atoms with Gasteiger partial charge in [-0.05, 0) is 73.8 Å². The third-order valence-electron chi connectivity index (χ3n) is 5.40. The summed E-state index contributed by atoms with van der Waals surface area (Å²) in [7, 11) is 0. The van der Waals surface area contributed by atoms with Crippen molar-refractivity contribution in [3.05, 3.63) is 63.8 Å². The molecule has 0 fully saturated rings. The van der Waals surface area contributed by atoms with Crippen molar-refractivity contribution in [1.29, 1.82) is 0 Å². The zero-order valence-electron chi connectivity index (χ0n) is 16.6. The number of primary amides is 1. The molecular weight excluding hydrogens is 325 g/mol. The summed E-state index contributed by atoms with van der Waals surface area (Å²) in [6.45, 7) is 10.4. The van der Waals surface area contributed by atoms with E-state index in [-0.39, 0.29) is 11.2 Å². The number of aryl methyl sites for hydroxylation is 1. The summed E-state index contributed by atoms with van der Waals surface area (Å²) < 4.78 is 15.0. The lowest BCUT2D eigenvalue weighted by molar-refractivity contribution is 0.1000. The van der Waals surface area contributed by atoms with Crippen LogP contribution < -0.4 is 5.73 Å². The fraction of sp³-hybridized carbons (Fsp3) is 0.435. The van der Waals surface area contributed by atoms with Gasteiger partial charge in [0.05, 0.1) is 0 Å². The van der Waals surface area contributed by atoms with Gasteiger partial charge >= 0.3 is 0 Å². The summed E-state index contributed by atoms with van der Waals surface area (Å²) in [6, 6.07) is 4.93. The largest absolute Gasteiger partial charge is 0.366 e. The summed E-state index contributed by atoms with van der Waals surface area (Å²) in [5.74, 6) is -0.741. The van der Waals surface area contributed by atoms with Gasteiger partial charge < -0.3 is 5.73 Å². The molecule has 0 heterocycles. The lowest BCUT2D eigenvalue weighted by Crippen LogP contribution is -2.19. The Balaban J connectivity index is 2.39. The molecule has 0 saturated heterocycles. The molecule has 0 unspecified atom stereocenters. The molecule has 0 bridgehead atoms. The second-order valence-electron chi connectivity index (χ2n) is 7.85. The maximum atomic E-state index is 15.0. The molecule has 0 aliphatic heterocycles. The van der Waals surface area contributed by atoms with E-state index >= 15 is 4.39 Å². The van der Waals surface area contributed by atoms with E-state index in [0.717, 1.165) is 18.4 Å². The molecule has 0 spiro atoms. The third-order valence-corrected chi connectivity index (χ3v) is 5.40. The Morgan fingerprint density at radius 2 is 2.04 bits per heavy atom. The molecule has 3 heteroatoms. The van der Waals surface area contributed by atoms with Crippen LogP contribution in [0.3, 0.4) is 0 Å². The summed E-state index contributed by atoms with van der Waals surface area (Å²) >= 11 is 0. The lowest BCUT2D eigenvalue weighted by Gasteiger charge is -2.33. The van der Waals surface area contributed by atoms with Crippen molar-refractivity contribution >= 4 is 11.7 Å². The molecule has 1 aliphatic rings. The number of amides is 1. The Hall–Kier alpha value is -2.16. The number of hydrogen-bond donors (Lipinski definition) is 1. The highest BCUT2D eigenvalue weighted by molar-refractivity contribution is 5.93. The number of benzene rings is 1.